The Labute approximate surface area is 115 Å². The van der Waals surface area contributed by atoms with E-state index in [4.69, 9.17) is 5.73 Å². The van der Waals surface area contributed by atoms with E-state index in [9.17, 15) is 4.39 Å². The third kappa shape index (κ3) is 2.79. The van der Waals surface area contributed by atoms with Crippen LogP contribution in [0.25, 0.3) is 0 Å². The topological polar surface area (TPSA) is 26.0 Å². The Balaban J connectivity index is 2.47. The van der Waals surface area contributed by atoms with Crippen LogP contribution >= 0.6 is 15.9 Å². The number of benzene rings is 2. The first kappa shape index (κ1) is 13.2. The van der Waals surface area contributed by atoms with E-state index >= 15 is 0 Å². The molecular formula is C15H15BrFN. The van der Waals surface area contributed by atoms with Gasteiger partial charge in [-0.05, 0) is 48.7 Å². The fraction of sp³-hybridized carbons (Fsp3) is 0.200. The van der Waals surface area contributed by atoms with Gasteiger partial charge in [0.1, 0.15) is 5.82 Å². The van der Waals surface area contributed by atoms with Crippen molar-refractivity contribution in [3.8, 4) is 0 Å². The Bertz CT molecular complexity index is 560. The highest BCUT2D eigenvalue weighted by Gasteiger charge is 2.13. The number of halogens is 2. The maximum Gasteiger partial charge on any atom is 0.124 e. The molecule has 0 saturated heterocycles. The standard InChI is InChI=1S/C15H15BrFN/c1-9-3-4-10(2)14(5-9)15(18)11-6-12(16)8-13(17)7-11/h3-8,15H,18H2,1-2H3. The summed E-state index contributed by atoms with van der Waals surface area (Å²) >= 11 is 3.29. The monoisotopic (exact) mass is 307 g/mol. The summed E-state index contributed by atoms with van der Waals surface area (Å²) in [6, 6.07) is 10.6. The lowest BCUT2D eigenvalue weighted by Crippen LogP contribution is -2.13. The van der Waals surface area contributed by atoms with Crippen LogP contribution in [0.2, 0.25) is 0 Å². The summed E-state index contributed by atoms with van der Waals surface area (Å²) in [6.07, 6.45) is 0. The first-order valence-corrected chi connectivity index (χ1v) is 6.55. The van der Waals surface area contributed by atoms with E-state index in [1.165, 1.54) is 12.1 Å². The molecule has 0 spiro atoms. The Morgan fingerprint density at radius 1 is 1.11 bits per heavy atom. The second kappa shape index (κ2) is 5.21. The first-order chi connectivity index (χ1) is 8.47. The van der Waals surface area contributed by atoms with Crippen LogP contribution in [0, 0.1) is 19.7 Å². The van der Waals surface area contributed by atoms with Crippen molar-refractivity contribution in [3.63, 3.8) is 0 Å². The second-order valence-electron chi connectivity index (χ2n) is 4.54. The van der Waals surface area contributed by atoms with Gasteiger partial charge < -0.3 is 5.73 Å². The number of hydrogen-bond acceptors (Lipinski definition) is 1. The molecule has 1 atom stereocenters. The van der Waals surface area contributed by atoms with Crippen LogP contribution in [-0.4, -0.2) is 0 Å². The summed E-state index contributed by atoms with van der Waals surface area (Å²) in [5.74, 6) is -0.278. The van der Waals surface area contributed by atoms with E-state index in [0.717, 1.165) is 22.3 Å². The van der Waals surface area contributed by atoms with Gasteiger partial charge in [-0.3, -0.25) is 0 Å². The minimum atomic E-state index is -0.308. The number of rotatable bonds is 2. The zero-order valence-corrected chi connectivity index (χ0v) is 12.0. The van der Waals surface area contributed by atoms with Gasteiger partial charge >= 0.3 is 0 Å². The molecule has 0 aliphatic rings. The first-order valence-electron chi connectivity index (χ1n) is 5.76. The molecule has 0 amide bonds. The second-order valence-corrected chi connectivity index (χ2v) is 5.46. The van der Waals surface area contributed by atoms with Crippen LogP contribution in [0.3, 0.4) is 0 Å². The van der Waals surface area contributed by atoms with Crippen molar-refractivity contribution in [2.24, 2.45) is 5.73 Å². The van der Waals surface area contributed by atoms with Gasteiger partial charge in [0.25, 0.3) is 0 Å². The van der Waals surface area contributed by atoms with Gasteiger partial charge in [0, 0.05) is 4.47 Å². The third-order valence-corrected chi connectivity index (χ3v) is 3.47. The highest BCUT2D eigenvalue weighted by Crippen LogP contribution is 2.26. The van der Waals surface area contributed by atoms with Gasteiger partial charge in [0.15, 0.2) is 0 Å². The average molecular weight is 308 g/mol. The van der Waals surface area contributed by atoms with Crippen LogP contribution in [0.4, 0.5) is 4.39 Å². The van der Waals surface area contributed by atoms with E-state index < -0.39 is 0 Å². The van der Waals surface area contributed by atoms with Crippen molar-refractivity contribution < 1.29 is 4.39 Å². The highest BCUT2D eigenvalue weighted by atomic mass is 79.9. The SMILES string of the molecule is Cc1ccc(C)c(C(N)c2cc(F)cc(Br)c2)c1. The van der Waals surface area contributed by atoms with E-state index in [0.29, 0.717) is 4.47 Å². The fourth-order valence-electron chi connectivity index (χ4n) is 2.03. The smallest absolute Gasteiger partial charge is 0.124 e. The normalized spacial score (nSPS) is 12.5. The summed E-state index contributed by atoms with van der Waals surface area (Å²) in [6.45, 7) is 4.04. The molecular weight excluding hydrogens is 293 g/mol. The van der Waals surface area contributed by atoms with Gasteiger partial charge in [-0.25, -0.2) is 4.39 Å². The van der Waals surface area contributed by atoms with Crippen molar-refractivity contribution in [2.75, 3.05) is 0 Å². The van der Waals surface area contributed by atoms with E-state index in [1.54, 1.807) is 0 Å². The number of hydrogen-bond donors (Lipinski definition) is 1. The van der Waals surface area contributed by atoms with Gasteiger partial charge in [-0.2, -0.15) is 0 Å². The quantitative estimate of drug-likeness (QED) is 0.881. The highest BCUT2D eigenvalue weighted by molar-refractivity contribution is 9.10. The minimum absolute atomic E-state index is 0.278. The molecule has 0 aromatic heterocycles. The van der Waals surface area contributed by atoms with Crippen molar-refractivity contribution in [1.29, 1.82) is 0 Å². The fourth-order valence-corrected chi connectivity index (χ4v) is 2.51. The Kier molecular flexibility index (Phi) is 3.83. The Hall–Kier alpha value is -1.19. The summed E-state index contributed by atoms with van der Waals surface area (Å²) < 4.78 is 14.1. The lowest BCUT2D eigenvalue weighted by atomic mass is 9.94. The van der Waals surface area contributed by atoms with Crippen LogP contribution < -0.4 is 5.73 Å². The Morgan fingerprint density at radius 3 is 2.50 bits per heavy atom. The molecule has 0 fully saturated rings. The molecule has 2 rings (SSSR count). The van der Waals surface area contributed by atoms with Crippen LogP contribution in [0.1, 0.15) is 28.3 Å². The number of nitrogens with two attached hydrogens (primary N) is 1. The lowest BCUT2D eigenvalue weighted by molar-refractivity contribution is 0.622. The van der Waals surface area contributed by atoms with E-state index in [2.05, 4.69) is 22.0 Å². The molecule has 2 aromatic rings. The zero-order chi connectivity index (χ0) is 13.3. The molecule has 94 valence electrons. The molecule has 2 aromatic carbocycles. The minimum Gasteiger partial charge on any atom is -0.320 e. The molecule has 0 bridgehead atoms. The van der Waals surface area contributed by atoms with Gasteiger partial charge in [0.05, 0.1) is 6.04 Å². The summed E-state index contributed by atoms with van der Waals surface area (Å²) in [4.78, 5) is 0. The predicted octanol–water partition coefficient (Wildman–Crippen LogP) is 4.25. The zero-order valence-electron chi connectivity index (χ0n) is 10.4. The van der Waals surface area contributed by atoms with Crippen LogP contribution in [-0.2, 0) is 0 Å². The molecule has 0 saturated carbocycles. The molecule has 1 unspecified atom stereocenters. The van der Waals surface area contributed by atoms with Gasteiger partial charge in [-0.15, -0.1) is 0 Å². The largest absolute Gasteiger partial charge is 0.320 e. The molecule has 0 heterocycles. The van der Waals surface area contributed by atoms with Crippen molar-refractivity contribution >= 4 is 15.9 Å². The molecule has 0 aliphatic heterocycles. The van der Waals surface area contributed by atoms with E-state index in [-0.39, 0.29) is 11.9 Å². The summed E-state index contributed by atoms with van der Waals surface area (Å²) in [7, 11) is 0. The third-order valence-electron chi connectivity index (χ3n) is 3.01. The predicted molar refractivity (Wildman–Crippen MR) is 76.0 cm³/mol. The van der Waals surface area contributed by atoms with Crippen molar-refractivity contribution in [3.05, 3.63) is 68.9 Å². The Morgan fingerprint density at radius 2 is 1.83 bits per heavy atom. The van der Waals surface area contributed by atoms with Gasteiger partial charge in [0.2, 0.25) is 0 Å². The molecule has 3 heteroatoms. The lowest BCUT2D eigenvalue weighted by Gasteiger charge is -2.16. The van der Waals surface area contributed by atoms with Gasteiger partial charge in [-0.1, -0.05) is 39.7 Å². The van der Waals surface area contributed by atoms with Crippen LogP contribution in [0.15, 0.2) is 40.9 Å². The van der Waals surface area contributed by atoms with Crippen molar-refractivity contribution in [1.82, 2.24) is 0 Å². The van der Waals surface area contributed by atoms with E-state index in [1.807, 2.05) is 32.0 Å². The molecule has 2 N–H and O–H groups in total. The molecule has 0 radical (unpaired) electrons. The maximum atomic E-state index is 13.4. The molecule has 1 nitrogen and oxygen atoms in total. The van der Waals surface area contributed by atoms with Crippen LogP contribution in [0.5, 0.6) is 0 Å². The van der Waals surface area contributed by atoms with Crippen molar-refractivity contribution in [2.45, 2.75) is 19.9 Å². The molecule has 0 aliphatic carbocycles. The number of aryl methyl sites for hydroxylation is 2. The summed E-state index contributed by atoms with van der Waals surface area (Å²) in [5, 5.41) is 0. The summed E-state index contributed by atoms with van der Waals surface area (Å²) in [5.41, 5.74) is 10.3. The average Bonchev–Trinajstić information content (AvgIpc) is 2.30. The molecule has 18 heavy (non-hydrogen) atoms. The maximum absolute atomic E-state index is 13.4.